The Hall–Kier alpha value is -0.180. The third kappa shape index (κ3) is 6.53. The average Bonchev–Trinajstić information content (AvgIpc) is 2.01. The van der Waals surface area contributed by atoms with Gasteiger partial charge in [0.05, 0.1) is 12.5 Å². The molecule has 0 aliphatic rings. The quantitative estimate of drug-likeness (QED) is 0.514. The summed E-state index contributed by atoms with van der Waals surface area (Å²) in [4.78, 5) is 10.9. The Balaban J connectivity index is 3.40. The van der Waals surface area contributed by atoms with E-state index >= 15 is 0 Å². The van der Waals surface area contributed by atoms with Gasteiger partial charge < -0.3 is 4.74 Å². The molecule has 0 rings (SSSR count). The SMILES string of the molecule is CCCCC(C)OC(=O)CCS. The second kappa shape index (κ2) is 7.47. The molecule has 3 heteroatoms. The van der Waals surface area contributed by atoms with Crippen LogP contribution in [0.2, 0.25) is 0 Å². The lowest BCUT2D eigenvalue weighted by molar-refractivity contribution is -0.148. The highest BCUT2D eigenvalue weighted by Gasteiger charge is 2.07. The number of unbranched alkanes of at least 4 members (excludes halogenated alkanes) is 1. The second-order valence-electron chi connectivity index (χ2n) is 2.92. The highest BCUT2D eigenvalue weighted by atomic mass is 32.1. The maximum Gasteiger partial charge on any atom is 0.306 e. The second-order valence-corrected chi connectivity index (χ2v) is 3.36. The Kier molecular flexibility index (Phi) is 7.36. The van der Waals surface area contributed by atoms with Crippen molar-refractivity contribution < 1.29 is 9.53 Å². The summed E-state index contributed by atoms with van der Waals surface area (Å²) < 4.78 is 5.11. The van der Waals surface area contributed by atoms with Gasteiger partial charge in [-0.2, -0.15) is 12.6 Å². The molecule has 0 aromatic heterocycles. The number of carbonyl (C=O) groups is 1. The van der Waals surface area contributed by atoms with Gasteiger partial charge in [-0.15, -0.1) is 0 Å². The van der Waals surface area contributed by atoms with Crippen LogP contribution in [0, 0.1) is 0 Å². The fourth-order valence-electron chi connectivity index (χ4n) is 0.925. The topological polar surface area (TPSA) is 26.3 Å². The van der Waals surface area contributed by atoms with Gasteiger partial charge in [-0.25, -0.2) is 0 Å². The Morgan fingerprint density at radius 3 is 2.75 bits per heavy atom. The van der Waals surface area contributed by atoms with Crippen molar-refractivity contribution in [3.05, 3.63) is 0 Å². The molecule has 0 spiro atoms. The van der Waals surface area contributed by atoms with Crippen LogP contribution in [0.5, 0.6) is 0 Å². The average molecular weight is 190 g/mol. The monoisotopic (exact) mass is 190 g/mol. The van der Waals surface area contributed by atoms with Crippen LogP contribution in [0.4, 0.5) is 0 Å². The fourth-order valence-corrected chi connectivity index (χ4v) is 1.11. The van der Waals surface area contributed by atoms with E-state index in [-0.39, 0.29) is 12.1 Å². The zero-order chi connectivity index (χ0) is 9.40. The van der Waals surface area contributed by atoms with Gasteiger partial charge in [0.1, 0.15) is 0 Å². The van der Waals surface area contributed by atoms with Crippen molar-refractivity contribution in [3.8, 4) is 0 Å². The zero-order valence-electron chi connectivity index (χ0n) is 7.88. The molecule has 0 aliphatic carbocycles. The molecule has 0 saturated heterocycles. The summed E-state index contributed by atoms with van der Waals surface area (Å²) in [6, 6.07) is 0. The van der Waals surface area contributed by atoms with E-state index in [1.807, 2.05) is 6.92 Å². The third-order valence-electron chi connectivity index (χ3n) is 1.61. The molecular formula is C9H18O2S. The van der Waals surface area contributed by atoms with E-state index in [1.54, 1.807) is 0 Å². The smallest absolute Gasteiger partial charge is 0.306 e. The lowest BCUT2D eigenvalue weighted by atomic mass is 10.2. The molecule has 1 unspecified atom stereocenters. The van der Waals surface area contributed by atoms with Crippen LogP contribution in [-0.4, -0.2) is 17.8 Å². The lowest BCUT2D eigenvalue weighted by Gasteiger charge is -2.11. The van der Waals surface area contributed by atoms with Gasteiger partial charge >= 0.3 is 5.97 Å². The summed E-state index contributed by atoms with van der Waals surface area (Å²) in [6.45, 7) is 4.06. The van der Waals surface area contributed by atoms with Crippen molar-refractivity contribution in [1.82, 2.24) is 0 Å². The number of ether oxygens (including phenoxy) is 1. The Bertz CT molecular complexity index is 126. The maximum atomic E-state index is 10.9. The van der Waals surface area contributed by atoms with Crippen molar-refractivity contribution in [1.29, 1.82) is 0 Å². The van der Waals surface area contributed by atoms with Gasteiger partial charge in [-0.1, -0.05) is 19.8 Å². The number of esters is 1. The van der Waals surface area contributed by atoms with Crippen molar-refractivity contribution in [2.45, 2.75) is 45.6 Å². The van der Waals surface area contributed by atoms with E-state index < -0.39 is 0 Å². The molecular weight excluding hydrogens is 172 g/mol. The van der Waals surface area contributed by atoms with E-state index in [0.717, 1.165) is 19.3 Å². The molecule has 0 radical (unpaired) electrons. The Labute approximate surface area is 80.1 Å². The van der Waals surface area contributed by atoms with Gasteiger partial charge in [0.2, 0.25) is 0 Å². The molecule has 0 N–H and O–H groups in total. The summed E-state index contributed by atoms with van der Waals surface area (Å²) in [7, 11) is 0. The lowest BCUT2D eigenvalue weighted by Crippen LogP contribution is -2.14. The van der Waals surface area contributed by atoms with Crippen molar-refractivity contribution >= 4 is 18.6 Å². The normalized spacial score (nSPS) is 12.6. The predicted molar refractivity (Wildman–Crippen MR) is 53.5 cm³/mol. The first-order chi connectivity index (χ1) is 5.70. The Morgan fingerprint density at radius 1 is 1.58 bits per heavy atom. The van der Waals surface area contributed by atoms with Gasteiger partial charge in [-0.3, -0.25) is 4.79 Å². The number of hydrogen-bond donors (Lipinski definition) is 1. The standard InChI is InChI=1S/C9H18O2S/c1-3-4-5-8(2)11-9(10)6-7-12/h8,12H,3-7H2,1-2H3. The maximum absolute atomic E-state index is 10.9. The minimum atomic E-state index is -0.131. The minimum absolute atomic E-state index is 0.0670. The van der Waals surface area contributed by atoms with Gasteiger partial charge in [0.15, 0.2) is 0 Å². The molecule has 12 heavy (non-hydrogen) atoms. The predicted octanol–water partition coefficient (Wildman–Crippen LogP) is 2.43. The number of hydrogen-bond acceptors (Lipinski definition) is 3. The first kappa shape index (κ1) is 11.8. The first-order valence-corrected chi connectivity index (χ1v) is 5.14. The van der Waals surface area contributed by atoms with Crippen LogP contribution in [0.15, 0.2) is 0 Å². The number of rotatable bonds is 6. The molecule has 0 saturated carbocycles. The van der Waals surface area contributed by atoms with Gasteiger partial charge in [0.25, 0.3) is 0 Å². The van der Waals surface area contributed by atoms with Crippen LogP contribution >= 0.6 is 12.6 Å². The van der Waals surface area contributed by atoms with Gasteiger partial charge in [0, 0.05) is 5.75 Å². The summed E-state index contributed by atoms with van der Waals surface area (Å²) in [5, 5.41) is 0. The zero-order valence-corrected chi connectivity index (χ0v) is 8.77. The number of thiol groups is 1. The first-order valence-electron chi connectivity index (χ1n) is 4.51. The Morgan fingerprint density at radius 2 is 2.25 bits per heavy atom. The molecule has 0 aliphatic heterocycles. The van der Waals surface area contributed by atoms with E-state index in [2.05, 4.69) is 19.6 Å². The van der Waals surface area contributed by atoms with E-state index in [0.29, 0.717) is 12.2 Å². The van der Waals surface area contributed by atoms with Crippen molar-refractivity contribution in [3.63, 3.8) is 0 Å². The largest absolute Gasteiger partial charge is 0.463 e. The summed E-state index contributed by atoms with van der Waals surface area (Å²) in [6.07, 6.45) is 3.72. The fraction of sp³-hybridized carbons (Fsp3) is 0.889. The molecule has 72 valence electrons. The summed E-state index contributed by atoms with van der Waals surface area (Å²) >= 11 is 3.95. The van der Waals surface area contributed by atoms with Crippen LogP contribution in [0.3, 0.4) is 0 Å². The molecule has 2 nitrogen and oxygen atoms in total. The highest BCUT2D eigenvalue weighted by Crippen LogP contribution is 2.05. The summed E-state index contributed by atoms with van der Waals surface area (Å²) in [5.41, 5.74) is 0. The molecule has 0 aromatic carbocycles. The van der Waals surface area contributed by atoms with E-state index in [4.69, 9.17) is 4.74 Å². The van der Waals surface area contributed by atoms with E-state index in [1.165, 1.54) is 0 Å². The van der Waals surface area contributed by atoms with Gasteiger partial charge in [-0.05, 0) is 13.3 Å². The van der Waals surface area contributed by atoms with Crippen LogP contribution in [0.1, 0.15) is 39.5 Å². The van der Waals surface area contributed by atoms with Crippen LogP contribution in [0.25, 0.3) is 0 Å². The third-order valence-corrected chi connectivity index (χ3v) is 1.84. The molecule has 0 aromatic rings. The summed E-state index contributed by atoms with van der Waals surface area (Å²) in [5.74, 6) is 0.438. The minimum Gasteiger partial charge on any atom is -0.463 e. The molecule has 0 amide bonds. The molecule has 0 bridgehead atoms. The molecule has 0 heterocycles. The van der Waals surface area contributed by atoms with Crippen molar-refractivity contribution in [2.24, 2.45) is 0 Å². The number of carbonyl (C=O) groups excluding carboxylic acids is 1. The van der Waals surface area contributed by atoms with Crippen molar-refractivity contribution in [2.75, 3.05) is 5.75 Å². The van der Waals surface area contributed by atoms with Crippen LogP contribution < -0.4 is 0 Å². The highest BCUT2D eigenvalue weighted by molar-refractivity contribution is 7.80. The molecule has 1 atom stereocenters. The molecule has 0 fully saturated rings. The van der Waals surface area contributed by atoms with E-state index in [9.17, 15) is 4.79 Å². The van der Waals surface area contributed by atoms with Crippen LogP contribution in [-0.2, 0) is 9.53 Å².